The van der Waals surface area contributed by atoms with Crippen LogP contribution in [0.15, 0.2) is 87.9 Å². The van der Waals surface area contributed by atoms with Gasteiger partial charge in [-0.15, -0.1) is 11.8 Å². The van der Waals surface area contributed by atoms with Gasteiger partial charge < -0.3 is 34.7 Å². The molecule has 0 bridgehead atoms. The minimum absolute atomic E-state index is 0.0261. The molecule has 3 aromatic carbocycles. The number of nitrogens with zero attached hydrogens (tertiary/aromatic N) is 1. The van der Waals surface area contributed by atoms with Crippen LogP contribution in [0.3, 0.4) is 0 Å². The summed E-state index contributed by atoms with van der Waals surface area (Å²) < 4.78 is 21.3. The number of hydrogen-bond acceptors (Lipinski definition) is 9. The maximum atomic E-state index is 13.6. The van der Waals surface area contributed by atoms with E-state index in [2.05, 4.69) is 21.1 Å². The summed E-state index contributed by atoms with van der Waals surface area (Å²) in [6, 6.07) is 20.5. The fraction of sp³-hybridized carbons (Fsp3) is 0.188. The average molecular weight is 617 g/mol. The molecule has 4 rings (SSSR count). The van der Waals surface area contributed by atoms with E-state index in [1.807, 2.05) is 6.07 Å². The molecule has 4 aromatic rings. The van der Waals surface area contributed by atoms with Gasteiger partial charge in [0.25, 0.3) is 11.8 Å². The molecule has 0 aliphatic carbocycles. The van der Waals surface area contributed by atoms with E-state index >= 15 is 0 Å². The van der Waals surface area contributed by atoms with Gasteiger partial charge >= 0.3 is 0 Å². The zero-order valence-corrected chi connectivity index (χ0v) is 25.6. The Labute approximate surface area is 258 Å². The number of carbonyl (C=O) groups is 3. The first-order valence-corrected chi connectivity index (χ1v) is 14.3. The van der Waals surface area contributed by atoms with Crippen LogP contribution in [0.4, 0.5) is 11.5 Å². The van der Waals surface area contributed by atoms with Crippen molar-refractivity contribution in [1.82, 2.24) is 10.5 Å². The molecule has 0 fully saturated rings. The lowest BCUT2D eigenvalue weighted by Gasteiger charge is -2.15. The Morgan fingerprint density at radius 3 is 2.20 bits per heavy atom. The monoisotopic (exact) mass is 616 g/mol. The molecule has 11 nitrogen and oxygen atoms in total. The lowest BCUT2D eigenvalue weighted by molar-refractivity contribution is -0.115. The average Bonchev–Trinajstić information content (AvgIpc) is 3.44. The number of rotatable bonds is 12. The van der Waals surface area contributed by atoms with Crippen molar-refractivity contribution in [3.8, 4) is 17.2 Å². The van der Waals surface area contributed by atoms with E-state index in [1.165, 1.54) is 39.2 Å². The largest absolute Gasteiger partial charge is 0.493 e. The molecule has 0 spiro atoms. The molecule has 12 heteroatoms. The number of carbonyl (C=O) groups excluding carboxylic acids is 3. The lowest BCUT2D eigenvalue weighted by Crippen LogP contribution is -2.30. The summed E-state index contributed by atoms with van der Waals surface area (Å²) in [5.41, 5.74) is 1.33. The second-order valence-electron chi connectivity index (χ2n) is 9.39. The van der Waals surface area contributed by atoms with Gasteiger partial charge in [-0.2, -0.15) is 0 Å². The highest BCUT2D eigenvalue weighted by Crippen LogP contribution is 2.38. The van der Waals surface area contributed by atoms with Crippen LogP contribution >= 0.6 is 11.8 Å². The van der Waals surface area contributed by atoms with Crippen LogP contribution in [0.25, 0.3) is 6.08 Å². The third-order valence-electron chi connectivity index (χ3n) is 6.18. The number of nitrogens with one attached hydrogen (secondary N) is 3. The van der Waals surface area contributed by atoms with Gasteiger partial charge in [-0.1, -0.05) is 29.4 Å². The van der Waals surface area contributed by atoms with E-state index in [1.54, 1.807) is 80.6 Å². The third kappa shape index (κ3) is 8.19. The third-order valence-corrected chi connectivity index (χ3v) is 7.27. The summed E-state index contributed by atoms with van der Waals surface area (Å²) in [7, 11) is 4.47. The number of ether oxygens (including phenoxy) is 3. The standard InChI is InChI=1S/C32H32N4O7S/c1-19-14-28(36-43-19)35-30(37)20(2)44-24-13-9-12-23(18-24)33-32(39)25(34-31(38)22-10-7-6-8-11-22)15-21-16-26(40-3)29(42-5)27(17-21)41-4/h6-18,20H,1-5H3,(H,33,39)(H,34,38)(H,35,36,37)/b25-15+. The van der Waals surface area contributed by atoms with Gasteiger partial charge in [-0.25, -0.2) is 0 Å². The number of aryl methyl sites for hydroxylation is 1. The molecule has 1 atom stereocenters. The first kappa shape index (κ1) is 31.7. The van der Waals surface area contributed by atoms with Crippen molar-refractivity contribution in [1.29, 1.82) is 0 Å². The molecule has 0 aliphatic rings. The summed E-state index contributed by atoms with van der Waals surface area (Å²) >= 11 is 1.30. The minimum atomic E-state index is -0.572. The zero-order valence-electron chi connectivity index (χ0n) is 24.8. The van der Waals surface area contributed by atoms with Crippen LogP contribution in [-0.2, 0) is 9.59 Å². The fourth-order valence-corrected chi connectivity index (χ4v) is 4.98. The van der Waals surface area contributed by atoms with Crippen LogP contribution in [-0.4, -0.2) is 49.5 Å². The SMILES string of the molecule is COc1cc(/C=C(/NC(=O)c2ccccc2)C(=O)Nc2cccc(SC(C)C(=O)Nc3cc(C)on3)c2)cc(OC)c1OC. The molecule has 1 aromatic heterocycles. The van der Waals surface area contributed by atoms with Crippen LogP contribution in [0.5, 0.6) is 17.2 Å². The smallest absolute Gasteiger partial charge is 0.272 e. The number of aromatic nitrogens is 1. The molecule has 0 saturated heterocycles. The van der Waals surface area contributed by atoms with Gasteiger partial charge in [0.15, 0.2) is 17.3 Å². The van der Waals surface area contributed by atoms with Crippen molar-refractivity contribution >= 4 is 47.1 Å². The van der Waals surface area contributed by atoms with E-state index in [4.69, 9.17) is 18.7 Å². The molecule has 1 unspecified atom stereocenters. The predicted molar refractivity (Wildman–Crippen MR) is 168 cm³/mol. The van der Waals surface area contributed by atoms with E-state index in [0.29, 0.717) is 45.6 Å². The van der Waals surface area contributed by atoms with E-state index < -0.39 is 17.1 Å². The van der Waals surface area contributed by atoms with Crippen molar-refractivity contribution in [2.75, 3.05) is 32.0 Å². The number of anilines is 2. The Morgan fingerprint density at radius 2 is 1.59 bits per heavy atom. The first-order valence-electron chi connectivity index (χ1n) is 13.4. The zero-order chi connectivity index (χ0) is 31.6. The van der Waals surface area contributed by atoms with E-state index in [-0.39, 0.29) is 11.6 Å². The highest BCUT2D eigenvalue weighted by molar-refractivity contribution is 8.00. The molecule has 0 radical (unpaired) electrons. The van der Waals surface area contributed by atoms with Crippen LogP contribution in [0.2, 0.25) is 0 Å². The van der Waals surface area contributed by atoms with Crippen molar-refractivity contribution in [2.24, 2.45) is 0 Å². The Balaban J connectivity index is 1.57. The Hall–Kier alpha value is -5.23. The first-order chi connectivity index (χ1) is 21.2. The second kappa shape index (κ2) is 14.8. The van der Waals surface area contributed by atoms with Crippen molar-refractivity contribution in [3.63, 3.8) is 0 Å². The molecular weight excluding hydrogens is 584 g/mol. The van der Waals surface area contributed by atoms with Crippen molar-refractivity contribution in [3.05, 3.63) is 95.4 Å². The number of hydrogen-bond donors (Lipinski definition) is 3. The normalized spacial score (nSPS) is 11.7. The second-order valence-corrected chi connectivity index (χ2v) is 10.8. The maximum absolute atomic E-state index is 13.6. The lowest BCUT2D eigenvalue weighted by atomic mass is 10.1. The Morgan fingerprint density at radius 1 is 0.886 bits per heavy atom. The van der Waals surface area contributed by atoms with Gasteiger partial charge in [0.1, 0.15) is 11.5 Å². The van der Waals surface area contributed by atoms with E-state index in [9.17, 15) is 14.4 Å². The quantitative estimate of drug-likeness (QED) is 0.138. The van der Waals surface area contributed by atoms with Crippen LogP contribution in [0.1, 0.15) is 28.6 Å². The number of methoxy groups -OCH3 is 3. The Kier molecular flexibility index (Phi) is 10.7. The van der Waals surface area contributed by atoms with E-state index in [0.717, 1.165) is 4.90 Å². The van der Waals surface area contributed by atoms with Gasteiger partial charge in [0, 0.05) is 22.2 Å². The van der Waals surface area contributed by atoms with Gasteiger partial charge in [0.2, 0.25) is 11.7 Å². The highest BCUT2D eigenvalue weighted by atomic mass is 32.2. The summed E-state index contributed by atoms with van der Waals surface area (Å²) in [6.45, 7) is 3.49. The Bertz CT molecular complexity index is 1650. The molecular formula is C32H32N4O7S. The predicted octanol–water partition coefficient (Wildman–Crippen LogP) is 5.54. The summed E-state index contributed by atoms with van der Waals surface area (Å²) in [5.74, 6) is 0.787. The van der Waals surface area contributed by atoms with Crippen LogP contribution < -0.4 is 30.2 Å². The molecule has 3 N–H and O–H groups in total. The molecule has 228 valence electrons. The number of benzene rings is 3. The molecule has 1 heterocycles. The van der Waals surface area contributed by atoms with Crippen molar-refractivity contribution < 1.29 is 33.1 Å². The van der Waals surface area contributed by atoms with Gasteiger partial charge in [-0.05, 0) is 68.0 Å². The number of amides is 3. The summed E-state index contributed by atoms with van der Waals surface area (Å²) in [5, 5.41) is 11.6. The van der Waals surface area contributed by atoms with Gasteiger partial charge in [0.05, 0.1) is 26.6 Å². The fourth-order valence-electron chi connectivity index (χ4n) is 4.05. The summed E-state index contributed by atoms with van der Waals surface area (Å²) in [6.07, 6.45) is 1.51. The van der Waals surface area contributed by atoms with Gasteiger partial charge in [-0.3, -0.25) is 14.4 Å². The highest BCUT2D eigenvalue weighted by Gasteiger charge is 2.19. The minimum Gasteiger partial charge on any atom is -0.493 e. The van der Waals surface area contributed by atoms with Crippen LogP contribution in [0, 0.1) is 6.92 Å². The maximum Gasteiger partial charge on any atom is 0.272 e. The number of thioether (sulfide) groups is 1. The molecule has 0 saturated carbocycles. The summed E-state index contributed by atoms with van der Waals surface area (Å²) in [4.78, 5) is 40.0. The molecule has 44 heavy (non-hydrogen) atoms. The molecule has 3 amide bonds. The molecule has 0 aliphatic heterocycles. The topological polar surface area (TPSA) is 141 Å². The van der Waals surface area contributed by atoms with Crippen molar-refractivity contribution in [2.45, 2.75) is 24.0 Å².